The maximum atomic E-state index is 12.6. The number of unbranched alkanes of at least 4 members (excludes halogenated alkanes) is 11. The van der Waals surface area contributed by atoms with Gasteiger partial charge >= 0.3 is 5.97 Å². The van der Waals surface area contributed by atoms with Crippen LogP contribution in [0.5, 0.6) is 0 Å². The maximum absolute atomic E-state index is 12.6. The summed E-state index contributed by atoms with van der Waals surface area (Å²) in [7, 11) is 0. The number of allylic oxidation sites excluding steroid dienone is 3. The van der Waals surface area contributed by atoms with Crippen LogP contribution in [0.1, 0.15) is 162 Å². The van der Waals surface area contributed by atoms with Gasteiger partial charge in [0.1, 0.15) is 6.10 Å². The van der Waals surface area contributed by atoms with Crippen LogP contribution in [0.4, 0.5) is 0 Å². The molecule has 0 bridgehead atoms. The van der Waals surface area contributed by atoms with Crippen molar-refractivity contribution in [2.24, 2.45) is 34.3 Å². The second-order valence-corrected chi connectivity index (χ2v) is 14.7. The molecule has 40 heavy (non-hydrogen) atoms. The highest BCUT2D eigenvalue weighted by Gasteiger charge is 2.58. The van der Waals surface area contributed by atoms with E-state index in [9.17, 15) is 4.79 Å². The molecule has 0 heterocycles. The van der Waals surface area contributed by atoms with E-state index < -0.39 is 0 Å². The van der Waals surface area contributed by atoms with Gasteiger partial charge in [0, 0.05) is 18.9 Å². The third kappa shape index (κ3) is 7.84. The van der Waals surface area contributed by atoms with Gasteiger partial charge in [-0.3, -0.25) is 4.79 Å². The molecule has 0 radical (unpaired) electrons. The minimum Gasteiger partial charge on any atom is -0.462 e. The number of hydrogen-bond acceptors (Lipinski definition) is 3. The third-order valence-electron chi connectivity index (χ3n) is 12.1. The van der Waals surface area contributed by atoms with Crippen LogP contribution in [0.2, 0.25) is 0 Å². The molecule has 4 rings (SSSR count). The maximum Gasteiger partial charge on any atom is 0.306 e. The van der Waals surface area contributed by atoms with Crippen molar-refractivity contribution in [1.82, 2.24) is 0 Å². The predicted molar refractivity (Wildman–Crippen MR) is 169 cm³/mol. The van der Waals surface area contributed by atoms with E-state index >= 15 is 0 Å². The molecule has 4 aliphatic carbocycles. The fourth-order valence-corrected chi connectivity index (χ4v) is 9.35. The Kier molecular flexibility index (Phi) is 12.3. The van der Waals surface area contributed by atoms with Gasteiger partial charge < -0.3 is 10.5 Å². The molecule has 0 aromatic heterocycles. The van der Waals surface area contributed by atoms with Crippen LogP contribution in [0, 0.1) is 28.6 Å². The minimum absolute atomic E-state index is 0.0360. The first-order valence-corrected chi connectivity index (χ1v) is 17.7. The molecule has 1 unspecified atom stereocenters. The second kappa shape index (κ2) is 15.4. The summed E-state index contributed by atoms with van der Waals surface area (Å²) in [5, 5.41) is 0. The van der Waals surface area contributed by atoms with Crippen molar-refractivity contribution in [3.63, 3.8) is 0 Å². The van der Waals surface area contributed by atoms with E-state index in [-0.39, 0.29) is 12.1 Å². The quantitative estimate of drug-likeness (QED) is 0.117. The molecule has 3 saturated carbocycles. The molecule has 4 aliphatic rings. The number of ether oxygens (including phenoxy) is 1. The lowest BCUT2D eigenvalue weighted by molar-refractivity contribution is -0.151. The molecule has 0 spiro atoms. The lowest BCUT2D eigenvalue weighted by Gasteiger charge is -2.57. The zero-order chi connectivity index (χ0) is 28.4. The van der Waals surface area contributed by atoms with Crippen LogP contribution in [0.25, 0.3) is 0 Å². The summed E-state index contributed by atoms with van der Waals surface area (Å²) in [6.07, 6.45) is 34.3. The highest BCUT2D eigenvalue weighted by atomic mass is 16.5. The summed E-state index contributed by atoms with van der Waals surface area (Å²) < 4.78 is 6.03. The average molecular weight is 554 g/mol. The zero-order valence-corrected chi connectivity index (χ0v) is 26.6. The number of fused-ring (bicyclic) bond motifs is 5. The largest absolute Gasteiger partial charge is 0.462 e. The first-order valence-electron chi connectivity index (χ1n) is 17.7. The standard InChI is InChI=1S/C37H63NO2/c1-4-5-6-7-8-9-10-11-12-13-14-15-16-17-18-19-35(39)40-30-24-26-36(2)29(28-30)20-21-31-32-22-23-34(38)37(32,3)27-25-33(31)36/h11-12,20,30-34H,4-10,13-19,21-28,38H2,1-3H3/b12-11-/t30-,31-,32-,33-,34?,36-,37-/m0/s1. The van der Waals surface area contributed by atoms with Gasteiger partial charge in [-0.25, -0.2) is 0 Å². The average Bonchev–Trinajstić information content (AvgIpc) is 3.25. The summed E-state index contributed by atoms with van der Waals surface area (Å²) in [4.78, 5) is 12.6. The Labute approximate surface area is 247 Å². The molecular weight excluding hydrogens is 490 g/mol. The Balaban J connectivity index is 1.07. The first-order chi connectivity index (χ1) is 19.4. The number of carbonyl (C=O) groups excluding carboxylic acids is 1. The van der Waals surface area contributed by atoms with E-state index in [2.05, 4.69) is 39.0 Å². The van der Waals surface area contributed by atoms with Crippen LogP contribution in [0.15, 0.2) is 23.8 Å². The highest BCUT2D eigenvalue weighted by Crippen LogP contribution is 2.64. The molecule has 0 aromatic carbocycles. The van der Waals surface area contributed by atoms with Crippen molar-refractivity contribution in [1.29, 1.82) is 0 Å². The van der Waals surface area contributed by atoms with E-state index in [0.717, 1.165) is 43.4 Å². The van der Waals surface area contributed by atoms with Crippen LogP contribution in [-0.2, 0) is 9.53 Å². The Bertz CT molecular complexity index is 847. The Hall–Kier alpha value is -1.09. The van der Waals surface area contributed by atoms with Gasteiger partial charge in [-0.05, 0) is 106 Å². The number of hydrogen-bond donors (Lipinski definition) is 1. The molecule has 0 aromatic rings. The van der Waals surface area contributed by atoms with Crippen LogP contribution < -0.4 is 5.73 Å². The summed E-state index contributed by atoms with van der Waals surface area (Å²) in [5.74, 6) is 2.44. The SMILES string of the molecule is CCCCCCCC/C=C\CCCCCCCC(=O)O[C@H]1CC[C@@]2(C)C(=CC[C@@H]3[C@@H]2CC[C@]2(C)C(N)CC[C@@H]32)C1. The van der Waals surface area contributed by atoms with Gasteiger partial charge in [-0.2, -0.15) is 0 Å². The summed E-state index contributed by atoms with van der Waals surface area (Å²) in [5.41, 5.74) is 8.88. The lowest BCUT2D eigenvalue weighted by Crippen LogP contribution is -2.52. The van der Waals surface area contributed by atoms with Crippen molar-refractivity contribution in [2.75, 3.05) is 0 Å². The van der Waals surface area contributed by atoms with Crippen molar-refractivity contribution in [3.05, 3.63) is 23.8 Å². The first kappa shape index (κ1) is 31.8. The van der Waals surface area contributed by atoms with Gasteiger partial charge in [0.15, 0.2) is 0 Å². The molecule has 0 amide bonds. The molecule has 0 saturated heterocycles. The van der Waals surface area contributed by atoms with Crippen molar-refractivity contribution < 1.29 is 9.53 Å². The fraction of sp³-hybridized carbons (Fsp3) is 0.865. The molecule has 0 aliphatic heterocycles. The molecule has 2 N–H and O–H groups in total. The summed E-state index contributed by atoms with van der Waals surface area (Å²) in [6, 6.07) is 0.397. The number of carbonyl (C=O) groups is 1. The lowest BCUT2D eigenvalue weighted by atomic mass is 9.48. The van der Waals surface area contributed by atoms with Gasteiger partial charge in [0.2, 0.25) is 0 Å². The molecule has 3 heteroatoms. The van der Waals surface area contributed by atoms with Crippen molar-refractivity contribution in [2.45, 2.75) is 174 Å². The molecule has 228 valence electrons. The highest BCUT2D eigenvalue weighted by molar-refractivity contribution is 5.69. The van der Waals surface area contributed by atoms with Gasteiger partial charge in [-0.1, -0.05) is 95.9 Å². The molecule has 7 atom stereocenters. The van der Waals surface area contributed by atoms with Gasteiger partial charge in [0.25, 0.3) is 0 Å². The zero-order valence-electron chi connectivity index (χ0n) is 26.6. The summed E-state index contributed by atoms with van der Waals surface area (Å²) in [6.45, 7) is 7.30. The summed E-state index contributed by atoms with van der Waals surface area (Å²) >= 11 is 0. The topological polar surface area (TPSA) is 52.3 Å². The van der Waals surface area contributed by atoms with Crippen LogP contribution in [0.3, 0.4) is 0 Å². The Morgan fingerprint density at radius 1 is 0.875 bits per heavy atom. The Morgan fingerprint density at radius 2 is 1.55 bits per heavy atom. The Morgan fingerprint density at radius 3 is 2.27 bits per heavy atom. The van der Waals surface area contributed by atoms with Crippen molar-refractivity contribution in [3.8, 4) is 0 Å². The number of nitrogens with two attached hydrogens (primary N) is 1. The van der Waals surface area contributed by atoms with E-state index in [0.29, 0.717) is 23.3 Å². The van der Waals surface area contributed by atoms with E-state index in [4.69, 9.17) is 10.5 Å². The molecular formula is C37H63NO2. The van der Waals surface area contributed by atoms with E-state index in [1.165, 1.54) is 109 Å². The van der Waals surface area contributed by atoms with Crippen LogP contribution >= 0.6 is 0 Å². The van der Waals surface area contributed by atoms with Gasteiger partial charge in [-0.15, -0.1) is 0 Å². The third-order valence-corrected chi connectivity index (χ3v) is 12.1. The normalized spacial score (nSPS) is 35.2. The number of rotatable bonds is 16. The monoisotopic (exact) mass is 553 g/mol. The van der Waals surface area contributed by atoms with Crippen LogP contribution in [-0.4, -0.2) is 18.1 Å². The van der Waals surface area contributed by atoms with E-state index in [1.54, 1.807) is 5.57 Å². The number of esters is 1. The molecule has 3 fully saturated rings. The fourth-order valence-electron chi connectivity index (χ4n) is 9.35. The molecule has 3 nitrogen and oxygen atoms in total. The predicted octanol–water partition coefficient (Wildman–Crippen LogP) is 10.2. The van der Waals surface area contributed by atoms with Gasteiger partial charge in [0.05, 0.1) is 0 Å². The second-order valence-electron chi connectivity index (χ2n) is 14.7. The van der Waals surface area contributed by atoms with E-state index in [1.807, 2.05) is 0 Å². The minimum atomic E-state index is 0.0360. The van der Waals surface area contributed by atoms with Crippen molar-refractivity contribution >= 4 is 5.97 Å². The smallest absolute Gasteiger partial charge is 0.306 e.